The van der Waals surface area contributed by atoms with Gasteiger partial charge in [0, 0.05) is 19.2 Å². The maximum Gasteiger partial charge on any atom is 0.358 e. The van der Waals surface area contributed by atoms with E-state index in [-0.39, 0.29) is 5.69 Å². The standard InChI is InChI=1S/C10H17N3O3/c1-3-13(2)5-4-11-7-8-6-9(10(14)15)12-16-8/h6,11H,3-5,7H2,1-2H3,(H,14,15). The molecule has 0 atom stereocenters. The monoisotopic (exact) mass is 227 g/mol. The van der Waals surface area contributed by atoms with Crippen LogP contribution in [0.4, 0.5) is 0 Å². The van der Waals surface area contributed by atoms with Gasteiger partial charge in [0.1, 0.15) is 0 Å². The maximum absolute atomic E-state index is 10.5. The van der Waals surface area contributed by atoms with Gasteiger partial charge in [0.2, 0.25) is 0 Å². The van der Waals surface area contributed by atoms with Crippen LogP contribution in [0, 0.1) is 0 Å². The van der Waals surface area contributed by atoms with E-state index in [0.717, 1.165) is 19.6 Å². The molecule has 2 N–H and O–H groups in total. The lowest BCUT2D eigenvalue weighted by Crippen LogP contribution is -2.28. The summed E-state index contributed by atoms with van der Waals surface area (Å²) >= 11 is 0. The zero-order valence-electron chi connectivity index (χ0n) is 9.56. The van der Waals surface area contributed by atoms with E-state index >= 15 is 0 Å². The number of hydrogen-bond donors (Lipinski definition) is 2. The normalized spacial score (nSPS) is 10.9. The highest BCUT2D eigenvalue weighted by atomic mass is 16.5. The lowest BCUT2D eigenvalue weighted by atomic mass is 10.3. The number of likely N-dealkylation sites (N-methyl/N-ethyl adjacent to an activating group) is 1. The van der Waals surface area contributed by atoms with E-state index in [4.69, 9.17) is 9.63 Å². The van der Waals surface area contributed by atoms with Gasteiger partial charge in [-0.15, -0.1) is 0 Å². The minimum Gasteiger partial charge on any atom is -0.476 e. The van der Waals surface area contributed by atoms with E-state index in [0.29, 0.717) is 12.3 Å². The Morgan fingerprint density at radius 1 is 1.69 bits per heavy atom. The molecule has 0 aromatic carbocycles. The van der Waals surface area contributed by atoms with Gasteiger partial charge in [0.25, 0.3) is 0 Å². The van der Waals surface area contributed by atoms with Gasteiger partial charge in [-0.2, -0.15) is 0 Å². The van der Waals surface area contributed by atoms with Crippen LogP contribution in [0.5, 0.6) is 0 Å². The average molecular weight is 227 g/mol. The number of rotatable bonds is 7. The predicted octanol–water partition coefficient (Wildman–Crippen LogP) is 0.414. The zero-order chi connectivity index (χ0) is 12.0. The molecule has 0 amide bonds. The lowest BCUT2D eigenvalue weighted by Gasteiger charge is -2.13. The molecule has 1 heterocycles. The predicted molar refractivity (Wildman–Crippen MR) is 58.3 cm³/mol. The minimum atomic E-state index is -1.07. The van der Waals surface area contributed by atoms with Crippen molar-refractivity contribution in [2.24, 2.45) is 0 Å². The molecule has 1 rings (SSSR count). The molecule has 0 radical (unpaired) electrons. The lowest BCUT2D eigenvalue weighted by molar-refractivity contribution is 0.0685. The van der Waals surface area contributed by atoms with E-state index < -0.39 is 5.97 Å². The Hall–Kier alpha value is -1.40. The molecule has 0 saturated carbocycles. The first-order valence-electron chi connectivity index (χ1n) is 5.21. The molecule has 6 heteroatoms. The van der Waals surface area contributed by atoms with Crippen LogP contribution in [-0.2, 0) is 6.54 Å². The van der Waals surface area contributed by atoms with Crippen LogP contribution in [0.25, 0.3) is 0 Å². The second-order valence-electron chi connectivity index (χ2n) is 3.56. The van der Waals surface area contributed by atoms with Crippen LogP contribution >= 0.6 is 0 Å². The molecule has 16 heavy (non-hydrogen) atoms. The van der Waals surface area contributed by atoms with Crippen molar-refractivity contribution in [2.45, 2.75) is 13.5 Å². The Labute approximate surface area is 94.2 Å². The third-order valence-electron chi connectivity index (χ3n) is 2.29. The fraction of sp³-hybridized carbons (Fsp3) is 0.600. The second kappa shape index (κ2) is 6.24. The largest absolute Gasteiger partial charge is 0.476 e. The van der Waals surface area contributed by atoms with Crippen molar-refractivity contribution in [3.8, 4) is 0 Å². The van der Waals surface area contributed by atoms with Gasteiger partial charge >= 0.3 is 5.97 Å². The topological polar surface area (TPSA) is 78.6 Å². The molecule has 1 aromatic rings. The van der Waals surface area contributed by atoms with Gasteiger partial charge in [-0.3, -0.25) is 0 Å². The quantitative estimate of drug-likeness (QED) is 0.657. The molecule has 0 aliphatic carbocycles. The highest BCUT2D eigenvalue weighted by Crippen LogP contribution is 2.02. The molecule has 0 aliphatic heterocycles. The molecular formula is C10H17N3O3. The Balaban J connectivity index is 2.24. The number of hydrogen-bond acceptors (Lipinski definition) is 5. The highest BCUT2D eigenvalue weighted by Gasteiger charge is 2.09. The van der Waals surface area contributed by atoms with Crippen molar-refractivity contribution in [1.29, 1.82) is 0 Å². The van der Waals surface area contributed by atoms with E-state index in [2.05, 4.69) is 22.3 Å². The average Bonchev–Trinajstić information content (AvgIpc) is 2.72. The van der Waals surface area contributed by atoms with E-state index in [1.165, 1.54) is 6.07 Å². The van der Waals surface area contributed by atoms with E-state index in [1.807, 2.05) is 7.05 Å². The summed E-state index contributed by atoms with van der Waals surface area (Å²) < 4.78 is 4.85. The molecule has 1 aromatic heterocycles. The van der Waals surface area contributed by atoms with Gasteiger partial charge in [-0.1, -0.05) is 12.1 Å². The first kappa shape index (κ1) is 12.7. The summed E-state index contributed by atoms with van der Waals surface area (Å²) in [6.07, 6.45) is 0. The minimum absolute atomic E-state index is 0.0533. The molecule has 0 fully saturated rings. The van der Waals surface area contributed by atoms with Crippen molar-refractivity contribution in [3.05, 3.63) is 17.5 Å². The Morgan fingerprint density at radius 2 is 2.44 bits per heavy atom. The molecule has 6 nitrogen and oxygen atoms in total. The summed E-state index contributed by atoms with van der Waals surface area (Å²) in [6.45, 7) is 5.37. The third kappa shape index (κ3) is 4.00. The summed E-state index contributed by atoms with van der Waals surface area (Å²) in [6, 6.07) is 1.43. The summed E-state index contributed by atoms with van der Waals surface area (Å²) in [5.41, 5.74) is -0.0533. The summed E-state index contributed by atoms with van der Waals surface area (Å²) in [5, 5.41) is 15.2. The van der Waals surface area contributed by atoms with Crippen molar-refractivity contribution in [1.82, 2.24) is 15.4 Å². The number of carboxylic acids is 1. The van der Waals surface area contributed by atoms with Crippen LogP contribution in [0.2, 0.25) is 0 Å². The maximum atomic E-state index is 10.5. The van der Waals surface area contributed by atoms with E-state index in [9.17, 15) is 4.79 Å². The van der Waals surface area contributed by atoms with Crippen LogP contribution in [0.1, 0.15) is 23.2 Å². The van der Waals surface area contributed by atoms with Crippen molar-refractivity contribution < 1.29 is 14.4 Å². The van der Waals surface area contributed by atoms with Gasteiger partial charge in [0.15, 0.2) is 11.5 Å². The first-order valence-corrected chi connectivity index (χ1v) is 5.21. The fourth-order valence-corrected chi connectivity index (χ4v) is 1.14. The molecule has 0 spiro atoms. The van der Waals surface area contributed by atoms with Gasteiger partial charge < -0.3 is 19.8 Å². The zero-order valence-corrected chi connectivity index (χ0v) is 9.56. The molecule has 0 unspecified atom stereocenters. The van der Waals surface area contributed by atoms with Gasteiger partial charge in [0.05, 0.1) is 6.54 Å². The Kier molecular flexibility index (Phi) is 4.94. The van der Waals surface area contributed by atoms with Gasteiger partial charge in [-0.05, 0) is 13.6 Å². The van der Waals surface area contributed by atoms with Crippen LogP contribution in [0.15, 0.2) is 10.6 Å². The van der Waals surface area contributed by atoms with Gasteiger partial charge in [-0.25, -0.2) is 4.79 Å². The van der Waals surface area contributed by atoms with Crippen LogP contribution in [0.3, 0.4) is 0 Å². The summed E-state index contributed by atoms with van der Waals surface area (Å²) in [5.74, 6) is -0.530. The number of aromatic nitrogens is 1. The Bertz CT molecular complexity index is 338. The molecule has 0 aliphatic rings. The van der Waals surface area contributed by atoms with Crippen molar-refractivity contribution in [3.63, 3.8) is 0 Å². The molecule has 0 bridgehead atoms. The van der Waals surface area contributed by atoms with Crippen molar-refractivity contribution in [2.75, 3.05) is 26.7 Å². The number of aromatic carboxylic acids is 1. The van der Waals surface area contributed by atoms with Crippen LogP contribution in [-0.4, -0.2) is 47.8 Å². The summed E-state index contributed by atoms with van der Waals surface area (Å²) in [7, 11) is 2.04. The Morgan fingerprint density at radius 3 is 3.00 bits per heavy atom. The first-order chi connectivity index (χ1) is 7.63. The fourth-order valence-electron chi connectivity index (χ4n) is 1.14. The number of nitrogens with zero attached hydrogens (tertiary/aromatic N) is 2. The van der Waals surface area contributed by atoms with Crippen molar-refractivity contribution >= 4 is 5.97 Å². The number of carboxylic acid groups (broad SMARTS) is 1. The molecular weight excluding hydrogens is 210 g/mol. The summed E-state index contributed by atoms with van der Waals surface area (Å²) in [4.78, 5) is 12.7. The smallest absolute Gasteiger partial charge is 0.358 e. The molecule has 0 saturated heterocycles. The number of carbonyl (C=O) groups is 1. The second-order valence-corrected chi connectivity index (χ2v) is 3.56. The molecule has 90 valence electrons. The van der Waals surface area contributed by atoms with Crippen LogP contribution < -0.4 is 5.32 Å². The number of nitrogens with one attached hydrogen (secondary N) is 1. The SMILES string of the molecule is CCN(C)CCNCc1cc(C(=O)O)no1. The highest BCUT2D eigenvalue weighted by molar-refractivity contribution is 5.85. The van der Waals surface area contributed by atoms with E-state index in [1.54, 1.807) is 0 Å². The third-order valence-corrected chi connectivity index (χ3v) is 2.29.